The van der Waals surface area contributed by atoms with Crippen molar-refractivity contribution in [3.63, 3.8) is 0 Å². The van der Waals surface area contributed by atoms with Crippen LogP contribution in [0.1, 0.15) is 16.7 Å². The molecule has 0 amide bonds. The summed E-state index contributed by atoms with van der Waals surface area (Å²) in [6.45, 7) is -0.0175. The first kappa shape index (κ1) is 15.2. The van der Waals surface area contributed by atoms with Crippen LogP contribution < -0.4 is 0 Å². The fraction of sp³-hybridized carbons (Fsp3) is 0.176. The third-order valence-corrected chi connectivity index (χ3v) is 2.75. The van der Waals surface area contributed by atoms with E-state index in [1.807, 2.05) is 0 Å². The Kier molecular flexibility index (Phi) is 5.44. The monoisotopic (exact) mass is 288 g/mol. The largest absolute Gasteiger partial charge is 0.384 e. The number of halogens is 2. The summed E-state index contributed by atoms with van der Waals surface area (Å²) in [5.74, 6) is 4.34. The molecule has 0 bridgehead atoms. The fourth-order valence-electron chi connectivity index (χ4n) is 1.84. The lowest BCUT2D eigenvalue weighted by Gasteiger charge is -2.06. The lowest BCUT2D eigenvalue weighted by atomic mass is 10.1. The summed E-state index contributed by atoms with van der Waals surface area (Å²) in [6.07, 6.45) is 0. The van der Waals surface area contributed by atoms with Crippen molar-refractivity contribution in [1.82, 2.24) is 0 Å². The minimum atomic E-state index is -0.427. The van der Waals surface area contributed by atoms with Crippen molar-refractivity contribution in [3.8, 4) is 11.8 Å². The Hall–Kier alpha value is -2.22. The van der Waals surface area contributed by atoms with Gasteiger partial charge in [0.2, 0.25) is 0 Å². The SMILES string of the molecule is OCC#Cc1cc(F)cc(COCc2ccccc2F)c1. The molecule has 2 nitrogen and oxygen atoms in total. The second-order valence-corrected chi connectivity index (χ2v) is 4.39. The minimum Gasteiger partial charge on any atom is -0.384 e. The summed E-state index contributed by atoms with van der Waals surface area (Å²) in [5.41, 5.74) is 1.52. The smallest absolute Gasteiger partial charge is 0.128 e. The molecule has 0 spiro atoms. The molecule has 1 N–H and O–H groups in total. The molecule has 2 rings (SSSR count). The number of hydrogen-bond donors (Lipinski definition) is 1. The zero-order valence-electron chi connectivity index (χ0n) is 11.3. The molecule has 0 aliphatic rings. The Morgan fingerprint density at radius 1 is 1.05 bits per heavy atom. The molecule has 0 radical (unpaired) electrons. The van der Waals surface area contributed by atoms with Gasteiger partial charge in [-0.3, -0.25) is 0 Å². The van der Waals surface area contributed by atoms with Gasteiger partial charge in [-0.25, -0.2) is 8.78 Å². The van der Waals surface area contributed by atoms with Crippen LogP contribution in [0.15, 0.2) is 42.5 Å². The Bertz CT molecular complexity index is 672. The van der Waals surface area contributed by atoms with Crippen LogP contribution in [0.4, 0.5) is 8.78 Å². The zero-order valence-corrected chi connectivity index (χ0v) is 11.3. The number of aliphatic hydroxyl groups excluding tert-OH is 1. The Morgan fingerprint density at radius 2 is 1.86 bits per heavy atom. The maximum Gasteiger partial charge on any atom is 0.128 e. The van der Waals surface area contributed by atoms with Crippen molar-refractivity contribution < 1.29 is 18.6 Å². The summed E-state index contributed by atoms with van der Waals surface area (Å²) in [5, 5.41) is 8.63. The van der Waals surface area contributed by atoms with Crippen molar-refractivity contribution in [3.05, 3.63) is 70.8 Å². The first-order valence-electron chi connectivity index (χ1n) is 6.39. The third kappa shape index (κ3) is 4.67. The molecule has 0 atom stereocenters. The Labute approximate surface area is 122 Å². The molecule has 2 aromatic carbocycles. The maximum atomic E-state index is 13.4. The second-order valence-electron chi connectivity index (χ2n) is 4.39. The van der Waals surface area contributed by atoms with Crippen LogP contribution in [-0.2, 0) is 18.0 Å². The van der Waals surface area contributed by atoms with Crippen LogP contribution >= 0.6 is 0 Å². The van der Waals surface area contributed by atoms with Gasteiger partial charge in [-0.05, 0) is 29.8 Å². The molecule has 0 unspecified atom stereocenters. The molecular weight excluding hydrogens is 274 g/mol. The molecule has 0 fully saturated rings. The van der Waals surface area contributed by atoms with Crippen LogP contribution in [0, 0.1) is 23.5 Å². The molecular formula is C17H14F2O2. The standard InChI is InChI=1S/C17H14F2O2/c18-16-9-13(4-3-7-20)8-14(10-16)11-21-12-15-5-1-2-6-17(15)19/h1-2,5-6,8-10,20H,7,11-12H2. The molecule has 0 aromatic heterocycles. The number of hydrogen-bond acceptors (Lipinski definition) is 2. The first-order valence-corrected chi connectivity index (χ1v) is 6.39. The van der Waals surface area contributed by atoms with Gasteiger partial charge in [0, 0.05) is 11.1 Å². The van der Waals surface area contributed by atoms with Crippen molar-refractivity contribution in [2.24, 2.45) is 0 Å². The number of ether oxygens (including phenoxy) is 1. The predicted molar refractivity (Wildman–Crippen MR) is 75.3 cm³/mol. The summed E-state index contributed by atoms with van der Waals surface area (Å²) in [6, 6.07) is 10.6. The molecule has 0 heterocycles. The molecule has 0 saturated heterocycles. The Morgan fingerprint density at radius 3 is 2.62 bits per heavy atom. The van der Waals surface area contributed by atoms with Crippen LogP contribution in [0.3, 0.4) is 0 Å². The highest BCUT2D eigenvalue weighted by atomic mass is 19.1. The van der Waals surface area contributed by atoms with Gasteiger partial charge < -0.3 is 9.84 Å². The van der Waals surface area contributed by atoms with Gasteiger partial charge in [0.05, 0.1) is 13.2 Å². The van der Waals surface area contributed by atoms with Gasteiger partial charge in [0.15, 0.2) is 0 Å². The quantitative estimate of drug-likeness (QED) is 0.876. The van der Waals surface area contributed by atoms with Crippen LogP contribution in [0.25, 0.3) is 0 Å². The summed E-state index contributed by atoms with van der Waals surface area (Å²) in [4.78, 5) is 0. The lowest BCUT2D eigenvalue weighted by Crippen LogP contribution is -1.97. The predicted octanol–water partition coefficient (Wildman–Crippen LogP) is 3.03. The molecule has 4 heteroatoms. The second kappa shape index (κ2) is 7.53. The Balaban J connectivity index is 2.00. The normalized spacial score (nSPS) is 10.0. The van der Waals surface area contributed by atoms with E-state index in [0.717, 1.165) is 0 Å². The summed E-state index contributed by atoms with van der Waals surface area (Å²) in [7, 11) is 0. The number of aliphatic hydroxyl groups is 1. The summed E-state index contributed by atoms with van der Waals surface area (Å²) < 4.78 is 32.2. The maximum absolute atomic E-state index is 13.4. The third-order valence-electron chi connectivity index (χ3n) is 2.75. The zero-order chi connectivity index (χ0) is 15.1. The number of benzene rings is 2. The highest BCUT2D eigenvalue weighted by Gasteiger charge is 2.03. The van der Waals surface area contributed by atoms with Crippen molar-refractivity contribution in [2.45, 2.75) is 13.2 Å². The molecule has 0 saturated carbocycles. The molecule has 108 valence electrons. The first-order chi connectivity index (χ1) is 10.2. The van der Waals surface area contributed by atoms with Crippen molar-refractivity contribution >= 4 is 0 Å². The van der Waals surface area contributed by atoms with Crippen LogP contribution in [-0.4, -0.2) is 11.7 Å². The van der Waals surface area contributed by atoms with E-state index in [2.05, 4.69) is 11.8 Å². The van der Waals surface area contributed by atoms with Crippen LogP contribution in [0.2, 0.25) is 0 Å². The van der Waals surface area contributed by atoms with Gasteiger partial charge in [0.25, 0.3) is 0 Å². The van der Waals surface area contributed by atoms with E-state index in [-0.39, 0.29) is 25.6 Å². The van der Waals surface area contributed by atoms with E-state index in [9.17, 15) is 8.78 Å². The fourth-order valence-corrected chi connectivity index (χ4v) is 1.84. The molecule has 21 heavy (non-hydrogen) atoms. The molecule has 2 aromatic rings. The highest BCUT2D eigenvalue weighted by Crippen LogP contribution is 2.12. The van der Waals surface area contributed by atoms with E-state index in [1.54, 1.807) is 24.3 Å². The van der Waals surface area contributed by atoms with Gasteiger partial charge >= 0.3 is 0 Å². The van der Waals surface area contributed by atoms with Gasteiger partial charge in [0.1, 0.15) is 18.2 Å². The molecule has 0 aliphatic carbocycles. The van der Waals surface area contributed by atoms with Crippen molar-refractivity contribution in [2.75, 3.05) is 6.61 Å². The lowest BCUT2D eigenvalue weighted by molar-refractivity contribution is 0.104. The topological polar surface area (TPSA) is 29.5 Å². The van der Waals surface area contributed by atoms with E-state index in [0.29, 0.717) is 16.7 Å². The van der Waals surface area contributed by atoms with E-state index in [1.165, 1.54) is 18.2 Å². The van der Waals surface area contributed by atoms with Gasteiger partial charge in [-0.1, -0.05) is 30.0 Å². The summed E-state index contributed by atoms with van der Waals surface area (Å²) >= 11 is 0. The van der Waals surface area contributed by atoms with Gasteiger partial charge in [-0.2, -0.15) is 0 Å². The number of rotatable bonds is 4. The average molecular weight is 288 g/mol. The van der Waals surface area contributed by atoms with Crippen LogP contribution in [0.5, 0.6) is 0 Å². The van der Waals surface area contributed by atoms with E-state index in [4.69, 9.17) is 9.84 Å². The van der Waals surface area contributed by atoms with E-state index < -0.39 is 5.82 Å². The molecule has 0 aliphatic heterocycles. The minimum absolute atomic E-state index is 0.112. The van der Waals surface area contributed by atoms with Crippen molar-refractivity contribution in [1.29, 1.82) is 0 Å². The highest BCUT2D eigenvalue weighted by molar-refractivity contribution is 5.37. The van der Waals surface area contributed by atoms with E-state index >= 15 is 0 Å². The van der Waals surface area contributed by atoms with Gasteiger partial charge in [-0.15, -0.1) is 0 Å². The average Bonchev–Trinajstić information content (AvgIpc) is 2.47.